The first-order valence-electron chi connectivity index (χ1n) is 4.81. The normalized spacial score (nSPS) is 20.1. The van der Waals surface area contributed by atoms with E-state index in [1.54, 1.807) is 0 Å². The summed E-state index contributed by atoms with van der Waals surface area (Å²) >= 11 is 0. The molecule has 1 N–H and O–H groups in total. The summed E-state index contributed by atoms with van der Waals surface area (Å²) in [5.41, 5.74) is -1.23. The maximum atomic E-state index is 13.4. The van der Waals surface area contributed by atoms with Crippen molar-refractivity contribution in [1.29, 1.82) is 0 Å². The van der Waals surface area contributed by atoms with Crippen molar-refractivity contribution < 1.29 is 18.3 Å². The highest BCUT2D eigenvalue weighted by atomic mass is 19.2. The summed E-state index contributed by atoms with van der Waals surface area (Å²) in [5, 5.41) is 9.48. The van der Waals surface area contributed by atoms with Crippen LogP contribution in [0.1, 0.15) is 25.3 Å². The van der Waals surface area contributed by atoms with E-state index >= 15 is 0 Å². The van der Waals surface area contributed by atoms with E-state index in [2.05, 4.69) is 0 Å². The SMILES string of the molecule is CC(O)C1(c2c(F)ccc(F)c2F)CC1. The van der Waals surface area contributed by atoms with Gasteiger partial charge in [0.05, 0.1) is 6.10 Å². The quantitative estimate of drug-likeness (QED) is 0.753. The van der Waals surface area contributed by atoms with Gasteiger partial charge in [-0.3, -0.25) is 0 Å². The summed E-state index contributed by atoms with van der Waals surface area (Å²) in [6.07, 6.45) is 0.104. The first-order chi connectivity index (χ1) is 6.99. The van der Waals surface area contributed by atoms with Gasteiger partial charge in [0.2, 0.25) is 0 Å². The zero-order valence-corrected chi connectivity index (χ0v) is 8.23. The molecule has 1 nitrogen and oxygen atoms in total. The fraction of sp³-hybridized carbons (Fsp3) is 0.455. The van der Waals surface area contributed by atoms with Gasteiger partial charge in [-0.15, -0.1) is 0 Å². The monoisotopic (exact) mass is 216 g/mol. The number of aliphatic hydroxyl groups is 1. The summed E-state index contributed by atoms with van der Waals surface area (Å²) in [4.78, 5) is 0. The van der Waals surface area contributed by atoms with Crippen LogP contribution in [0.25, 0.3) is 0 Å². The molecular formula is C11H11F3O. The van der Waals surface area contributed by atoms with E-state index < -0.39 is 29.0 Å². The van der Waals surface area contributed by atoms with Gasteiger partial charge in [-0.2, -0.15) is 0 Å². The molecule has 1 atom stereocenters. The molecule has 0 bridgehead atoms. The van der Waals surface area contributed by atoms with Crippen LogP contribution in [0.2, 0.25) is 0 Å². The Morgan fingerprint density at radius 1 is 1.20 bits per heavy atom. The van der Waals surface area contributed by atoms with Crippen molar-refractivity contribution >= 4 is 0 Å². The molecule has 4 heteroatoms. The second-order valence-electron chi connectivity index (χ2n) is 4.05. The molecule has 1 aromatic rings. The Morgan fingerprint density at radius 2 is 1.73 bits per heavy atom. The predicted molar refractivity (Wildman–Crippen MR) is 48.9 cm³/mol. The summed E-state index contributed by atoms with van der Waals surface area (Å²) in [6.45, 7) is 1.47. The molecule has 0 aromatic heterocycles. The van der Waals surface area contributed by atoms with Gasteiger partial charge in [0.1, 0.15) is 5.82 Å². The lowest BCUT2D eigenvalue weighted by Gasteiger charge is -2.20. The van der Waals surface area contributed by atoms with Gasteiger partial charge in [0.15, 0.2) is 11.6 Å². The molecule has 1 aromatic carbocycles. The highest BCUT2D eigenvalue weighted by molar-refractivity contribution is 5.36. The molecule has 1 aliphatic rings. The maximum absolute atomic E-state index is 13.4. The van der Waals surface area contributed by atoms with Crippen LogP contribution in [0.4, 0.5) is 13.2 Å². The zero-order chi connectivity index (χ0) is 11.2. The van der Waals surface area contributed by atoms with Crippen molar-refractivity contribution in [1.82, 2.24) is 0 Å². The second-order valence-corrected chi connectivity index (χ2v) is 4.05. The third-order valence-electron chi connectivity index (χ3n) is 3.13. The fourth-order valence-corrected chi connectivity index (χ4v) is 1.99. The molecular weight excluding hydrogens is 205 g/mol. The average Bonchev–Trinajstić information content (AvgIpc) is 2.93. The minimum absolute atomic E-state index is 0.308. The molecule has 0 heterocycles. The Bertz CT molecular complexity index is 397. The van der Waals surface area contributed by atoms with E-state index in [4.69, 9.17) is 0 Å². The highest BCUT2D eigenvalue weighted by Crippen LogP contribution is 2.52. The van der Waals surface area contributed by atoms with Crippen LogP contribution in [0.5, 0.6) is 0 Å². The van der Waals surface area contributed by atoms with Gasteiger partial charge in [0, 0.05) is 11.0 Å². The molecule has 0 amide bonds. The number of aliphatic hydroxyl groups excluding tert-OH is 1. The van der Waals surface area contributed by atoms with E-state index in [-0.39, 0.29) is 5.56 Å². The molecule has 1 saturated carbocycles. The molecule has 15 heavy (non-hydrogen) atoms. The minimum atomic E-state index is -1.17. The van der Waals surface area contributed by atoms with E-state index in [1.165, 1.54) is 6.92 Å². The summed E-state index contributed by atoms with van der Waals surface area (Å²) < 4.78 is 39.8. The number of hydrogen-bond donors (Lipinski definition) is 1. The zero-order valence-electron chi connectivity index (χ0n) is 8.23. The third-order valence-corrected chi connectivity index (χ3v) is 3.13. The fourth-order valence-electron chi connectivity index (χ4n) is 1.99. The van der Waals surface area contributed by atoms with Crippen LogP contribution < -0.4 is 0 Å². The van der Waals surface area contributed by atoms with Crippen molar-refractivity contribution in [3.05, 3.63) is 35.1 Å². The predicted octanol–water partition coefficient (Wildman–Crippen LogP) is 2.52. The van der Waals surface area contributed by atoms with Gasteiger partial charge < -0.3 is 5.11 Å². The largest absolute Gasteiger partial charge is 0.392 e. The lowest BCUT2D eigenvalue weighted by Crippen LogP contribution is -2.25. The van der Waals surface area contributed by atoms with Crippen molar-refractivity contribution in [2.45, 2.75) is 31.3 Å². The maximum Gasteiger partial charge on any atom is 0.165 e. The van der Waals surface area contributed by atoms with E-state index in [0.29, 0.717) is 12.8 Å². The first-order valence-corrected chi connectivity index (χ1v) is 4.81. The lowest BCUT2D eigenvalue weighted by atomic mass is 9.90. The van der Waals surface area contributed by atoms with Crippen LogP contribution in [0.15, 0.2) is 12.1 Å². The van der Waals surface area contributed by atoms with Gasteiger partial charge in [-0.25, -0.2) is 13.2 Å². The van der Waals surface area contributed by atoms with Crippen molar-refractivity contribution in [3.8, 4) is 0 Å². The van der Waals surface area contributed by atoms with Crippen LogP contribution in [-0.4, -0.2) is 11.2 Å². The Labute approximate surface area is 85.5 Å². The van der Waals surface area contributed by atoms with Crippen molar-refractivity contribution in [2.75, 3.05) is 0 Å². The Morgan fingerprint density at radius 3 is 2.20 bits per heavy atom. The molecule has 2 rings (SSSR count). The smallest absolute Gasteiger partial charge is 0.165 e. The summed E-state index contributed by atoms with van der Waals surface area (Å²) in [7, 11) is 0. The van der Waals surface area contributed by atoms with E-state index in [9.17, 15) is 18.3 Å². The standard InChI is InChI=1S/C11H11F3O/c1-6(15)11(4-5-11)9-7(12)2-3-8(13)10(9)14/h2-3,6,15H,4-5H2,1H3. The second kappa shape index (κ2) is 3.23. The van der Waals surface area contributed by atoms with Gasteiger partial charge >= 0.3 is 0 Å². The third kappa shape index (κ3) is 1.44. The number of benzene rings is 1. The summed E-state index contributed by atoms with van der Waals surface area (Å²) in [5.74, 6) is -3.03. The molecule has 1 fully saturated rings. The van der Waals surface area contributed by atoms with Gasteiger partial charge in [-0.05, 0) is 31.9 Å². The molecule has 82 valence electrons. The molecule has 1 aliphatic carbocycles. The molecule has 0 spiro atoms. The first kappa shape index (κ1) is 10.5. The van der Waals surface area contributed by atoms with Gasteiger partial charge in [0.25, 0.3) is 0 Å². The number of rotatable bonds is 2. The van der Waals surface area contributed by atoms with E-state index in [0.717, 1.165) is 12.1 Å². The number of halogens is 3. The van der Waals surface area contributed by atoms with Gasteiger partial charge in [-0.1, -0.05) is 0 Å². The highest BCUT2D eigenvalue weighted by Gasteiger charge is 2.52. The topological polar surface area (TPSA) is 20.2 Å². The molecule has 0 radical (unpaired) electrons. The Hall–Kier alpha value is -1.03. The Balaban J connectivity index is 2.57. The molecule has 0 saturated heterocycles. The van der Waals surface area contributed by atoms with Crippen LogP contribution in [-0.2, 0) is 5.41 Å². The average molecular weight is 216 g/mol. The van der Waals surface area contributed by atoms with Crippen molar-refractivity contribution in [2.24, 2.45) is 0 Å². The Kier molecular flexibility index (Phi) is 2.26. The molecule has 1 unspecified atom stereocenters. The lowest BCUT2D eigenvalue weighted by molar-refractivity contribution is 0.146. The summed E-state index contributed by atoms with van der Waals surface area (Å²) in [6, 6.07) is 1.66. The number of hydrogen-bond acceptors (Lipinski definition) is 1. The van der Waals surface area contributed by atoms with Crippen LogP contribution in [0, 0.1) is 17.5 Å². The minimum Gasteiger partial charge on any atom is -0.392 e. The van der Waals surface area contributed by atoms with Crippen LogP contribution >= 0.6 is 0 Å². The van der Waals surface area contributed by atoms with Crippen LogP contribution in [0.3, 0.4) is 0 Å². The van der Waals surface area contributed by atoms with E-state index in [1.807, 2.05) is 0 Å². The molecule has 0 aliphatic heterocycles. The van der Waals surface area contributed by atoms with Crippen molar-refractivity contribution in [3.63, 3.8) is 0 Å².